The number of fused-ring (bicyclic) bond motifs is 9. The third-order valence-electron chi connectivity index (χ3n) is 9.07. The zero-order valence-corrected chi connectivity index (χ0v) is 25.5. The molecule has 0 spiro atoms. The van der Waals surface area contributed by atoms with Crippen LogP contribution in [0.5, 0.6) is 0 Å². The highest BCUT2D eigenvalue weighted by atomic mass is 16.3. The van der Waals surface area contributed by atoms with Gasteiger partial charge < -0.3 is 4.42 Å². The molecule has 4 nitrogen and oxygen atoms in total. The van der Waals surface area contributed by atoms with Crippen molar-refractivity contribution in [1.82, 2.24) is 15.0 Å². The van der Waals surface area contributed by atoms with Gasteiger partial charge in [-0.15, -0.1) is 0 Å². The van der Waals surface area contributed by atoms with E-state index in [4.69, 9.17) is 19.4 Å². The van der Waals surface area contributed by atoms with Crippen LogP contribution in [0.25, 0.3) is 88.4 Å². The second-order valence-electron chi connectivity index (χ2n) is 12.3. The summed E-state index contributed by atoms with van der Waals surface area (Å²) in [6.45, 7) is 4.46. The van der Waals surface area contributed by atoms with Crippen LogP contribution in [0.2, 0.25) is 0 Å². The van der Waals surface area contributed by atoms with Gasteiger partial charge in [0.1, 0.15) is 11.2 Å². The summed E-state index contributed by atoms with van der Waals surface area (Å²) in [5.41, 5.74) is 5.99. The van der Waals surface area contributed by atoms with E-state index in [1.807, 2.05) is 60.7 Å². The molecule has 2 aromatic heterocycles. The Balaban J connectivity index is 1.30. The minimum Gasteiger partial charge on any atom is -0.456 e. The standard InChI is InChI=1S/C42H29N3O/c1-25(2)28-18-20-38-36(21-28)37-23-34-31-16-10-9-15-30(31)33-22-29(17-19-32(33)35(34)24-39(37)46-38)42-44-40(26-11-5-3-6-12-26)43-41(45-42)27-13-7-4-8-14-27/h3-25H,1-2H3. The largest absolute Gasteiger partial charge is 0.456 e. The minimum atomic E-state index is 0.450. The van der Waals surface area contributed by atoms with Crippen LogP contribution >= 0.6 is 0 Å². The quantitative estimate of drug-likeness (QED) is 0.191. The molecule has 0 aliphatic carbocycles. The zero-order valence-electron chi connectivity index (χ0n) is 25.5. The van der Waals surface area contributed by atoms with Crippen molar-refractivity contribution in [2.24, 2.45) is 0 Å². The molecule has 0 unspecified atom stereocenters. The van der Waals surface area contributed by atoms with Gasteiger partial charge in [0, 0.05) is 27.5 Å². The van der Waals surface area contributed by atoms with E-state index in [-0.39, 0.29) is 0 Å². The fraction of sp³-hybridized carbons (Fsp3) is 0.0714. The average Bonchev–Trinajstić information content (AvgIpc) is 3.48. The molecule has 4 heteroatoms. The molecular weight excluding hydrogens is 562 g/mol. The number of rotatable bonds is 4. The summed E-state index contributed by atoms with van der Waals surface area (Å²) < 4.78 is 6.43. The van der Waals surface area contributed by atoms with Crippen molar-refractivity contribution in [2.45, 2.75) is 19.8 Å². The smallest absolute Gasteiger partial charge is 0.164 e. The monoisotopic (exact) mass is 591 g/mol. The molecule has 0 N–H and O–H groups in total. The summed E-state index contributed by atoms with van der Waals surface area (Å²) in [7, 11) is 0. The van der Waals surface area contributed by atoms with Gasteiger partial charge in [-0.05, 0) is 74.1 Å². The van der Waals surface area contributed by atoms with Gasteiger partial charge in [0.25, 0.3) is 0 Å². The van der Waals surface area contributed by atoms with Crippen LogP contribution in [-0.4, -0.2) is 15.0 Å². The van der Waals surface area contributed by atoms with Crippen LogP contribution < -0.4 is 0 Å². The molecule has 2 heterocycles. The van der Waals surface area contributed by atoms with Crippen LogP contribution in [0.15, 0.2) is 138 Å². The highest BCUT2D eigenvalue weighted by Crippen LogP contribution is 2.41. The molecule has 218 valence electrons. The highest BCUT2D eigenvalue weighted by Gasteiger charge is 2.17. The van der Waals surface area contributed by atoms with Crippen molar-refractivity contribution in [2.75, 3.05) is 0 Å². The molecule has 7 aromatic carbocycles. The Morgan fingerprint density at radius 2 is 0.913 bits per heavy atom. The average molecular weight is 592 g/mol. The molecule has 0 atom stereocenters. The number of aromatic nitrogens is 3. The summed E-state index contributed by atoms with van der Waals surface area (Å²) in [6, 6.07) is 46.6. The van der Waals surface area contributed by atoms with E-state index in [1.165, 1.54) is 37.9 Å². The van der Waals surface area contributed by atoms with Gasteiger partial charge in [0.15, 0.2) is 17.5 Å². The first-order valence-electron chi connectivity index (χ1n) is 15.7. The number of hydrogen-bond acceptors (Lipinski definition) is 4. The molecule has 0 saturated carbocycles. The Morgan fingerprint density at radius 1 is 0.391 bits per heavy atom. The Morgan fingerprint density at radius 3 is 1.54 bits per heavy atom. The molecule has 0 bridgehead atoms. The van der Waals surface area contributed by atoms with Crippen molar-refractivity contribution >= 4 is 54.3 Å². The molecule has 0 radical (unpaired) electrons. The molecule has 46 heavy (non-hydrogen) atoms. The molecule has 0 aliphatic rings. The third kappa shape index (κ3) is 4.26. The maximum Gasteiger partial charge on any atom is 0.164 e. The number of hydrogen-bond donors (Lipinski definition) is 0. The first kappa shape index (κ1) is 26.5. The molecule has 0 fully saturated rings. The maximum atomic E-state index is 6.43. The van der Waals surface area contributed by atoms with Crippen LogP contribution in [0.1, 0.15) is 25.3 Å². The highest BCUT2D eigenvalue weighted by molar-refractivity contribution is 6.28. The fourth-order valence-corrected chi connectivity index (χ4v) is 6.68. The van der Waals surface area contributed by atoms with Gasteiger partial charge >= 0.3 is 0 Å². The van der Waals surface area contributed by atoms with Crippen molar-refractivity contribution in [3.05, 3.63) is 139 Å². The molecule has 9 aromatic rings. The Hall–Kier alpha value is -5.87. The van der Waals surface area contributed by atoms with Crippen LogP contribution in [0, 0.1) is 0 Å². The summed E-state index contributed by atoms with van der Waals surface area (Å²) >= 11 is 0. The van der Waals surface area contributed by atoms with Crippen molar-refractivity contribution < 1.29 is 4.42 Å². The predicted octanol–water partition coefficient (Wildman–Crippen LogP) is 11.4. The van der Waals surface area contributed by atoms with Gasteiger partial charge in [0.05, 0.1) is 0 Å². The van der Waals surface area contributed by atoms with Crippen LogP contribution in [0.3, 0.4) is 0 Å². The predicted molar refractivity (Wildman–Crippen MR) is 190 cm³/mol. The second-order valence-corrected chi connectivity index (χ2v) is 12.3. The van der Waals surface area contributed by atoms with E-state index < -0.39 is 0 Å². The fourth-order valence-electron chi connectivity index (χ4n) is 6.68. The first-order chi connectivity index (χ1) is 22.6. The van der Waals surface area contributed by atoms with Crippen LogP contribution in [0.4, 0.5) is 0 Å². The lowest BCUT2D eigenvalue weighted by atomic mass is 9.92. The SMILES string of the molecule is CC(C)c1ccc2oc3cc4c5ccc(-c6nc(-c7ccccc7)nc(-c7ccccc7)n6)cc5c5ccccc5c4cc3c2c1. The van der Waals surface area contributed by atoms with Gasteiger partial charge in [0.2, 0.25) is 0 Å². The normalized spacial score (nSPS) is 11.9. The molecule has 0 amide bonds. The van der Waals surface area contributed by atoms with Crippen LogP contribution in [-0.2, 0) is 0 Å². The Labute approximate surface area is 266 Å². The van der Waals surface area contributed by atoms with E-state index >= 15 is 0 Å². The molecule has 9 rings (SSSR count). The lowest BCUT2D eigenvalue weighted by Crippen LogP contribution is -2.00. The lowest BCUT2D eigenvalue weighted by molar-refractivity contribution is 0.669. The van der Waals surface area contributed by atoms with Gasteiger partial charge in [-0.25, -0.2) is 15.0 Å². The van der Waals surface area contributed by atoms with E-state index in [2.05, 4.69) is 86.6 Å². The Bertz CT molecular complexity index is 2550. The molecule has 0 saturated heterocycles. The summed E-state index contributed by atoms with van der Waals surface area (Å²) in [5, 5.41) is 9.44. The number of furan rings is 1. The van der Waals surface area contributed by atoms with Gasteiger partial charge in [-0.2, -0.15) is 0 Å². The van der Waals surface area contributed by atoms with E-state index in [9.17, 15) is 0 Å². The number of benzene rings is 7. The third-order valence-corrected chi connectivity index (χ3v) is 9.07. The van der Waals surface area contributed by atoms with E-state index in [1.54, 1.807) is 0 Å². The zero-order chi connectivity index (χ0) is 30.8. The van der Waals surface area contributed by atoms with Crippen molar-refractivity contribution in [1.29, 1.82) is 0 Å². The summed E-state index contributed by atoms with van der Waals surface area (Å²) in [6.07, 6.45) is 0. The molecule has 0 aliphatic heterocycles. The van der Waals surface area contributed by atoms with E-state index in [0.717, 1.165) is 38.6 Å². The van der Waals surface area contributed by atoms with Gasteiger partial charge in [-0.1, -0.05) is 117 Å². The van der Waals surface area contributed by atoms with Crippen molar-refractivity contribution in [3.63, 3.8) is 0 Å². The molecular formula is C42H29N3O. The lowest BCUT2D eigenvalue weighted by Gasteiger charge is -2.13. The van der Waals surface area contributed by atoms with E-state index in [0.29, 0.717) is 23.4 Å². The maximum absolute atomic E-state index is 6.43. The Kier molecular flexibility index (Phi) is 5.97. The summed E-state index contributed by atoms with van der Waals surface area (Å²) in [5.74, 6) is 2.40. The van der Waals surface area contributed by atoms with Crippen molar-refractivity contribution in [3.8, 4) is 34.2 Å². The number of nitrogens with zero attached hydrogens (tertiary/aromatic N) is 3. The second kappa shape index (κ2) is 10.4. The first-order valence-corrected chi connectivity index (χ1v) is 15.7. The minimum absolute atomic E-state index is 0.450. The topological polar surface area (TPSA) is 51.8 Å². The summed E-state index contributed by atoms with van der Waals surface area (Å²) in [4.78, 5) is 14.9. The van der Waals surface area contributed by atoms with Gasteiger partial charge in [-0.3, -0.25) is 0 Å².